The highest BCUT2D eigenvalue weighted by Crippen LogP contribution is 2.35. The lowest BCUT2D eigenvalue weighted by molar-refractivity contribution is -0.131. The molecule has 2 N–H and O–H groups in total. The Balaban J connectivity index is 1.42. The van der Waals surface area contributed by atoms with Crippen LogP contribution in [0.2, 0.25) is 0 Å². The zero-order chi connectivity index (χ0) is 21.7. The van der Waals surface area contributed by atoms with Gasteiger partial charge in [0.1, 0.15) is 0 Å². The van der Waals surface area contributed by atoms with Crippen LogP contribution in [0, 0.1) is 5.92 Å². The molecule has 4 rings (SSSR count). The molecule has 31 heavy (non-hydrogen) atoms. The van der Waals surface area contributed by atoms with Crippen LogP contribution in [0.5, 0.6) is 0 Å². The molecule has 0 aliphatic carbocycles. The van der Waals surface area contributed by atoms with Gasteiger partial charge in [0.25, 0.3) is 0 Å². The third-order valence-electron chi connectivity index (χ3n) is 7.17. The Morgan fingerprint density at radius 2 is 1.68 bits per heavy atom. The molecule has 5 nitrogen and oxygen atoms in total. The first-order chi connectivity index (χ1) is 15.1. The van der Waals surface area contributed by atoms with Gasteiger partial charge in [-0.3, -0.25) is 9.69 Å². The molecule has 2 aromatic carbocycles. The maximum absolute atomic E-state index is 13.0. The van der Waals surface area contributed by atoms with E-state index in [1.807, 2.05) is 7.05 Å². The Hall–Kier alpha value is -2.21. The number of carbonyl (C=O) groups excluding carboxylic acids is 1. The van der Waals surface area contributed by atoms with Crippen LogP contribution in [0.4, 0.5) is 0 Å². The summed E-state index contributed by atoms with van der Waals surface area (Å²) in [7, 11) is 2.01. The molecule has 0 unspecified atom stereocenters. The summed E-state index contributed by atoms with van der Waals surface area (Å²) in [4.78, 5) is 17.6. The van der Waals surface area contributed by atoms with E-state index in [0.29, 0.717) is 19.5 Å². The van der Waals surface area contributed by atoms with Crippen molar-refractivity contribution < 1.29 is 9.90 Å². The highest BCUT2D eigenvalue weighted by molar-refractivity contribution is 5.79. The van der Waals surface area contributed by atoms with Crippen LogP contribution < -0.4 is 5.32 Å². The van der Waals surface area contributed by atoms with Gasteiger partial charge in [0, 0.05) is 31.6 Å². The van der Waals surface area contributed by atoms with Crippen LogP contribution in [0.1, 0.15) is 30.4 Å². The number of piperidine rings is 2. The number of hydrogen-bond donors (Lipinski definition) is 2. The first-order valence-electron chi connectivity index (χ1n) is 11.5. The number of amides is 1. The molecule has 1 amide bonds. The summed E-state index contributed by atoms with van der Waals surface area (Å²) in [5.41, 5.74) is 2.59. The van der Waals surface area contributed by atoms with Gasteiger partial charge in [0.05, 0.1) is 12.0 Å². The molecule has 2 fully saturated rings. The van der Waals surface area contributed by atoms with E-state index < -0.39 is 6.10 Å². The number of benzene rings is 2. The normalized spacial score (nSPS) is 24.6. The summed E-state index contributed by atoms with van der Waals surface area (Å²) >= 11 is 0. The average molecular weight is 422 g/mol. The number of carbonyl (C=O) groups is 1. The third kappa shape index (κ3) is 5.35. The van der Waals surface area contributed by atoms with Gasteiger partial charge in [-0.1, -0.05) is 60.7 Å². The van der Waals surface area contributed by atoms with E-state index in [0.717, 1.165) is 39.0 Å². The van der Waals surface area contributed by atoms with Gasteiger partial charge in [-0.15, -0.1) is 0 Å². The van der Waals surface area contributed by atoms with Crippen molar-refractivity contribution in [3.63, 3.8) is 0 Å². The maximum atomic E-state index is 13.0. The zero-order valence-corrected chi connectivity index (χ0v) is 18.5. The molecule has 2 saturated heterocycles. The van der Waals surface area contributed by atoms with Crippen molar-refractivity contribution in [2.24, 2.45) is 5.92 Å². The molecule has 2 aromatic rings. The average Bonchev–Trinajstić information content (AvgIpc) is 2.81. The van der Waals surface area contributed by atoms with E-state index in [9.17, 15) is 9.90 Å². The SMILES string of the molecule is CN1CC[C@@H](O)[C@H](C(=O)NCC2(c3ccccc3)CCN(Cc3ccccc3)CC2)C1. The molecule has 0 saturated carbocycles. The van der Waals surface area contributed by atoms with Gasteiger partial charge in [-0.25, -0.2) is 0 Å². The molecule has 0 aromatic heterocycles. The second-order valence-electron chi connectivity index (χ2n) is 9.35. The lowest BCUT2D eigenvalue weighted by Gasteiger charge is -2.43. The van der Waals surface area contributed by atoms with Gasteiger partial charge >= 0.3 is 0 Å². The number of nitrogens with zero attached hydrogens (tertiary/aromatic N) is 2. The van der Waals surface area contributed by atoms with E-state index in [1.165, 1.54) is 11.1 Å². The first-order valence-corrected chi connectivity index (χ1v) is 11.5. The summed E-state index contributed by atoms with van der Waals surface area (Å²) in [5.74, 6) is -0.356. The second-order valence-corrected chi connectivity index (χ2v) is 9.35. The predicted molar refractivity (Wildman–Crippen MR) is 124 cm³/mol. The smallest absolute Gasteiger partial charge is 0.227 e. The highest BCUT2D eigenvalue weighted by Gasteiger charge is 2.38. The Morgan fingerprint density at radius 3 is 2.35 bits per heavy atom. The number of rotatable bonds is 6. The lowest BCUT2D eigenvalue weighted by Crippen LogP contribution is -2.53. The van der Waals surface area contributed by atoms with Crippen LogP contribution >= 0.6 is 0 Å². The topological polar surface area (TPSA) is 55.8 Å². The second kappa shape index (κ2) is 9.94. The molecular formula is C26H35N3O2. The lowest BCUT2D eigenvalue weighted by atomic mass is 9.72. The Kier molecular flexibility index (Phi) is 7.06. The molecule has 5 heteroatoms. The van der Waals surface area contributed by atoms with Crippen molar-refractivity contribution in [1.29, 1.82) is 0 Å². The summed E-state index contributed by atoms with van der Waals surface area (Å²) in [6, 6.07) is 21.3. The Labute approximate surface area is 186 Å². The van der Waals surface area contributed by atoms with Gasteiger partial charge in [0.2, 0.25) is 5.91 Å². The largest absolute Gasteiger partial charge is 0.392 e. The van der Waals surface area contributed by atoms with Gasteiger partial charge in [-0.05, 0) is 50.5 Å². The fourth-order valence-electron chi connectivity index (χ4n) is 5.09. The van der Waals surface area contributed by atoms with Crippen molar-refractivity contribution in [3.8, 4) is 0 Å². The minimum absolute atomic E-state index is 0.0129. The summed E-state index contributed by atoms with van der Waals surface area (Å²) in [6.45, 7) is 5.08. The van der Waals surface area contributed by atoms with Crippen LogP contribution in [-0.2, 0) is 16.8 Å². The zero-order valence-electron chi connectivity index (χ0n) is 18.5. The summed E-state index contributed by atoms with van der Waals surface area (Å²) in [6.07, 6.45) is 2.14. The van der Waals surface area contributed by atoms with Crippen molar-refractivity contribution in [3.05, 3.63) is 71.8 Å². The monoisotopic (exact) mass is 421 g/mol. The molecule has 0 radical (unpaired) electrons. The quantitative estimate of drug-likeness (QED) is 0.753. The molecule has 2 atom stereocenters. The van der Waals surface area contributed by atoms with Crippen LogP contribution in [-0.4, -0.2) is 66.7 Å². The summed E-state index contributed by atoms with van der Waals surface area (Å²) in [5, 5.41) is 13.6. The van der Waals surface area contributed by atoms with E-state index in [-0.39, 0.29) is 17.2 Å². The molecule has 0 bridgehead atoms. The van der Waals surface area contributed by atoms with E-state index in [4.69, 9.17) is 0 Å². The first kappa shape index (κ1) is 22.0. The fourth-order valence-corrected chi connectivity index (χ4v) is 5.09. The molecule has 0 spiro atoms. The number of aliphatic hydroxyl groups is 1. The number of aliphatic hydroxyl groups excluding tert-OH is 1. The maximum Gasteiger partial charge on any atom is 0.227 e. The number of likely N-dealkylation sites (tertiary alicyclic amines) is 2. The standard InChI is InChI=1S/C26H35N3O2/c1-28-15-12-24(30)23(19-28)25(31)27-20-26(22-10-6-3-7-11-22)13-16-29(17-14-26)18-21-8-4-2-5-9-21/h2-11,23-24,30H,12-20H2,1H3,(H,27,31)/t23-,24-/m1/s1. The van der Waals surface area contributed by atoms with Crippen LogP contribution in [0.25, 0.3) is 0 Å². The molecule has 2 aliphatic heterocycles. The van der Waals surface area contributed by atoms with Gasteiger partial charge in [-0.2, -0.15) is 0 Å². The summed E-state index contributed by atoms with van der Waals surface area (Å²) < 4.78 is 0. The highest BCUT2D eigenvalue weighted by atomic mass is 16.3. The third-order valence-corrected chi connectivity index (χ3v) is 7.17. The fraction of sp³-hybridized carbons (Fsp3) is 0.500. The molecule has 2 heterocycles. The van der Waals surface area contributed by atoms with Crippen LogP contribution in [0.3, 0.4) is 0 Å². The Bertz CT molecular complexity index is 834. The predicted octanol–water partition coefficient (Wildman–Crippen LogP) is 2.65. The van der Waals surface area contributed by atoms with Crippen molar-refractivity contribution in [2.45, 2.75) is 37.3 Å². The van der Waals surface area contributed by atoms with Crippen LogP contribution in [0.15, 0.2) is 60.7 Å². The Morgan fingerprint density at radius 1 is 1.03 bits per heavy atom. The minimum Gasteiger partial charge on any atom is -0.392 e. The number of nitrogens with one attached hydrogen (secondary N) is 1. The van der Waals surface area contributed by atoms with Crippen molar-refractivity contribution in [1.82, 2.24) is 15.1 Å². The van der Waals surface area contributed by atoms with Crippen molar-refractivity contribution in [2.75, 3.05) is 39.8 Å². The molecule has 2 aliphatic rings. The van der Waals surface area contributed by atoms with E-state index in [2.05, 4.69) is 75.8 Å². The van der Waals surface area contributed by atoms with Gasteiger partial charge in [0.15, 0.2) is 0 Å². The van der Waals surface area contributed by atoms with E-state index in [1.54, 1.807) is 0 Å². The van der Waals surface area contributed by atoms with Crippen molar-refractivity contribution >= 4 is 5.91 Å². The molecular weight excluding hydrogens is 386 g/mol. The van der Waals surface area contributed by atoms with E-state index >= 15 is 0 Å². The minimum atomic E-state index is -0.545. The van der Waals surface area contributed by atoms with Gasteiger partial charge < -0.3 is 15.3 Å². The molecule has 166 valence electrons. The number of hydrogen-bond acceptors (Lipinski definition) is 4.